The van der Waals surface area contributed by atoms with E-state index in [0.29, 0.717) is 12.8 Å². The maximum atomic E-state index is 13.4. The van der Waals surface area contributed by atoms with Crippen LogP contribution in [0.1, 0.15) is 58.3 Å². The molecule has 146 valence electrons. The summed E-state index contributed by atoms with van der Waals surface area (Å²) >= 11 is 1.38. The molecule has 0 spiro atoms. The van der Waals surface area contributed by atoms with E-state index in [9.17, 15) is 39.5 Å². The van der Waals surface area contributed by atoms with Crippen molar-refractivity contribution in [3.05, 3.63) is 0 Å². The lowest BCUT2D eigenvalue weighted by Crippen LogP contribution is -2.61. The highest BCUT2D eigenvalue weighted by molar-refractivity contribution is 14.1. The Morgan fingerprint density at radius 2 is 1.17 bits per heavy atom. The molecule has 0 aromatic heterocycles. The maximum absolute atomic E-state index is 13.4. The third kappa shape index (κ3) is 6.12. The SMILES string of the molecule is CCCCCCCCC(I)CC(F)(F)C(F)(F)C(F)(F)C(F)(F)F. The molecule has 24 heavy (non-hydrogen) atoms. The lowest BCUT2D eigenvalue weighted by atomic mass is 9.97. The van der Waals surface area contributed by atoms with E-state index in [0.717, 1.165) is 25.7 Å². The summed E-state index contributed by atoms with van der Waals surface area (Å²) in [6, 6.07) is 0. The van der Waals surface area contributed by atoms with Crippen molar-refractivity contribution in [1.29, 1.82) is 0 Å². The van der Waals surface area contributed by atoms with Gasteiger partial charge in [-0.05, 0) is 6.42 Å². The fourth-order valence-corrected chi connectivity index (χ4v) is 3.06. The van der Waals surface area contributed by atoms with Gasteiger partial charge in [0.25, 0.3) is 0 Å². The summed E-state index contributed by atoms with van der Waals surface area (Å²) in [5.41, 5.74) is 0. The Morgan fingerprint density at radius 3 is 1.62 bits per heavy atom. The highest BCUT2D eigenvalue weighted by Gasteiger charge is 2.81. The quantitative estimate of drug-likeness (QED) is 0.124. The summed E-state index contributed by atoms with van der Waals surface area (Å²) < 4.78 is 113. The first-order chi connectivity index (χ1) is 10.7. The smallest absolute Gasteiger partial charge is 0.200 e. The van der Waals surface area contributed by atoms with Gasteiger partial charge in [-0.25, -0.2) is 0 Å². The summed E-state index contributed by atoms with van der Waals surface area (Å²) in [5.74, 6) is -18.7. The molecule has 0 radical (unpaired) electrons. The van der Waals surface area contributed by atoms with E-state index in [2.05, 4.69) is 0 Å². The average Bonchev–Trinajstić information content (AvgIpc) is 2.40. The van der Waals surface area contributed by atoms with E-state index in [1.807, 2.05) is 6.92 Å². The van der Waals surface area contributed by atoms with Crippen LogP contribution in [0.4, 0.5) is 39.5 Å². The van der Waals surface area contributed by atoms with E-state index < -0.39 is 34.3 Å². The van der Waals surface area contributed by atoms with Crippen molar-refractivity contribution in [2.24, 2.45) is 0 Å². The van der Waals surface area contributed by atoms with Crippen molar-refractivity contribution in [3.8, 4) is 0 Å². The minimum Gasteiger partial charge on any atom is -0.200 e. The second kappa shape index (κ2) is 9.16. The second-order valence-electron chi connectivity index (χ2n) is 5.71. The van der Waals surface area contributed by atoms with Crippen LogP contribution in [0, 0.1) is 0 Å². The molecular weight excluding hydrogens is 466 g/mol. The Morgan fingerprint density at radius 1 is 0.708 bits per heavy atom. The predicted octanol–water partition coefficient (Wildman–Crippen LogP) is 7.40. The molecule has 0 saturated carbocycles. The van der Waals surface area contributed by atoms with Gasteiger partial charge < -0.3 is 0 Å². The van der Waals surface area contributed by atoms with Crippen molar-refractivity contribution >= 4 is 22.6 Å². The molecule has 0 saturated heterocycles. The molecule has 10 heteroatoms. The Labute approximate surface area is 148 Å². The van der Waals surface area contributed by atoms with Gasteiger partial charge in [-0.3, -0.25) is 0 Å². The number of alkyl halides is 10. The molecule has 0 amide bonds. The minimum absolute atomic E-state index is 0.0515. The van der Waals surface area contributed by atoms with Gasteiger partial charge in [0.2, 0.25) is 0 Å². The van der Waals surface area contributed by atoms with Gasteiger partial charge in [0.1, 0.15) is 0 Å². The number of rotatable bonds is 11. The van der Waals surface area contributed by atoms with Crippen LogP contribution >= 0.6 is 22.6 Å². The zero-order valence-electron chi connectivity index (χ0n) is 13.0. The first kappa shape index (κ1) is 24.1. The van der Waals surface area contributed by atoms with E-state index in [1.54, 1.807) is 0 Å². The summed E-state index contributed by atoms with van der Waals surface area (Å²) in [7, 11) is 0. The van der Waals surface area contributed by atoms with Crippen molar-refractivity contribution in [2.45, 2.75) is 86.2 Å². The van der Waals surface area contributed by atoms with Crippen molar-refractivity contribution in [3.63, 3.8) is 0 Å². The molecule has 0 rings (SSSR count). The monoisotopic (exact) mass is 486 g/mol. The molecule has 0 N–H and O–H groups in total. The first-order valence-corrected chi connectivity index (χ1v) is 8.79. The van der Waals surface area contributed by atoms with E-state index >= 15 is 0 Å². The summed E-state index contributed by atoms with van der Waals surface area (Å²) in [6.07, 6.45) is -3.57. The van der Waals surface area contributed by atoms with Crippen LogP contribution in [0.25, 0.3) is 0 Å². The predicted molar refractivity (Wildman–Crippen MR) is 81.3 cm³/mol. The molecule has 0 aliphatic heterocycles. The topological polar surface area (TPSA) is 0 Å². The third-order valence-electron chi connectivity index (χ3n) is 3.56. The Bertz CT molecular complexity index is 366. The standard InChI is InChI=1S/C14H20F9I/c1-2-3-4-5-6-7-8-10(24)9-11(15,16)12(17,18)13(19,20)14(21,22)23/h10H,2-9H2,1H3. The van der Waals surface area contributed by atoms with Crippen LogP contribution in [0.2, 0.25) is 0 Å². The van der Waals surface area contributed by atoms with Gasteiger partial charge in [0, 0.05) is 10.3 Å². The molecule has 0 aliphatic carbocycles. The Balaban J connectivity index is 4.65. The van der Waals surface area contributed by atoms with Crippen LogP contribution in [0.5, 0.6) is 0 Å². The normalized spacial score (nSPS) is 15.6. The van der Waals surface area contributed by atoms with Gasteiger partial charge >= 0.3 is 23.9 Å². The Kier molecular flexibility index (Phi) is 9.20. The van der Waals surface area contributed by atoms with E-state index in [4.69, 9.17) is 0 Å². The number of halogens is 10. The van der Waals surface area contributed by atoms with E-state index in [1.165, 1.54) is 22.6 Å². The van der Waals surface area contributed by atoms with Crippen LogP contribution in [-0.4, -0.2) is 27.9 Å². The largest absolute Gasteiger partial charge is 0.460 e. The van der Waals surface area contributed by atoms with Crippen LogP contribution < -0.4 is 0 Å². The van der Waals surface area contributed by atoms with Crippen LogP contribution in [0.3, 0.4) is 0 Å². The van der Waals surface area contributed by atoms with Crippen molar-refractivity contribution in [1.82, 2.24) is 0 Å². The average molecular weight is 486 g/mol. The number of hydrogen-bond donors (Lipinski definition) is 0. The zero-order valence-corrected chi connectivity index (χ0v) is 15.2. The van der Waals surface area contributed by atoms with Gasteiger partial charge in [-0.2, -0.15) is 39.5 Å². The maximum Gasteiger partial charge on any atom is 0.460 e. The lowest BCUT2D eigenvalue weighted by Gasteiger charge is -2.34. The second-order valence-corrected chi connectivity index (χ2v) is 7.47. The fourth-order valence-electron chi connectivity index (χ4n) is 2.06. The van der Waals surface area contributed by atoms with Crippen LogP contribution in [0.15, 0.2) is 0 Å². The van der Waals surface area contributed by atoms with Gasteiger partial charge in [-0.1, -0.05) is 68.0 Å². The number of hydrogen-bond acceptors (Lipinski definition) is 0. The zero-order chi connectivity index (χ0) is 19.2. The molecule has 0 aliphatic rings. The molecule has 0 fully saturated rings. The van der Waals surface area contributed by atoms with E-state index in [-0.39, 0.29) is 6.42 Å². The molecule has 1 atom stereocenters. The fraction of sp³-hybridized carbons (Fsp3) is 1.00. The third-order valence-corrected chi connectivity index (χ3v) is 4.62. The molecule has 0 nitrogen and oxygen atoms in total. The first-order valence-electron chi connectivity index (χ1n) is 7.55. The molecule has 0 aromatic carbocycles. The molecule has 0 aromatic rings. The highest BCUT2D eigenvalue weighted by atomic mass is 127. The van der Waals surface area contributed by atoms with Crippen molar-refractivity contribution in [2.75, 3.05) is 0 Å². The highest BCUT2D eigenvalue weighted by Crippen LogP contribution is 2.54. The number of unbranched alkanes of at least 4 members (excludes halogenated alkanes) is 5. The van der Waals surface area contributed by atoms with Gasteiger partial charge in [0.15, 0.2) is 0 Å². The summed E-state index contributed by atoms with van der Waals surface area (Å²) in [4.78, 5) is 0. The van der Waals surface area contributed by atoms with Crippen molar-refractivity contribution < 1.29 is 39.5 Å². The van der Waals surface area contributed by atoms with Gasteiger partial charge in [-0.15, -0.1) is 0 Å². The summed E-state index contributed by atoms with van der Waals surface area (Å²) in [5, 5.41) is 0. The molecular formula is C14H20F9I. The lowest BCUT2D eigenvalue weighted by molar-refractivity contribution is -0.396. The summed E-state index contributed by atoms with van der Waals surface area (Å²) in [6.45, 7) is 2.00. The molecule has 0 heterocycles. The molecule has 1 unspecified atom stereocenters. The molecule has 0 bridgehead atoms. The van der Waals surface area contributed by atoms with Crippen LogP contribution in [-0.2, 0) is 0 Å². The van der Waals surface area contributed by atoms with Gasteiger partial charge in [0.05, 0.1) is 0 Å². The Hall–Kier alpha value is 0.1000. The minimum atomic E-state index is -6.79.